The molecule has 1 amide bonds. The van der Waals surface area contributed by atoms with Crippen LogP contribution in [0.3, 0.4) is 0 Å². The van der Waals surface area contributed by atoms with Crippen molar-refractivity contribution in [3.05, 3.63) is 72.1 Å². The first-order valence-electron chi connectivity index (χ1n) is 10.1. The third kappa shape index (κ3) is 4.19. The van der Waals surface area contributed by atoms with Gasteiger partial charge in [0.1, 0.15) is 0 Å². The Balaban J connectivity index is 1.52. The Morgan fingerprint density at radius 3 is 2.68 bits per heavy atom. The van der Waals surface area contributed by atoms with Crippen molar-refractivity contribution in [1.29, 1.82) is 0 Å². The predicted octanol–water partition coefficient (Wildman–Crippen LogP) is 2.81. The van der Waals surface area contributed by atoms with Crippen LogP contribution in [0, 0.1) is 6.92 Å². The monoisotopic (exact) mass is 439 g/mol. The zero-order chi connectivity index (χ0) is 22.0. The van der Waals surface area contributed by atoms with Gasteiger partial charge in [0.15, 0.2) is 6.10 Å². The number of aromatic nitrogens is 1. The minimum absolute atomic E-state index is 0.222. The smallest absolute Gasteiger partial charge is 0.254 e. The Bertz CT molecular complexity index is 1190. The number of hydrogen-bond acceptors (Lipinski definition) is 5. The predicted molar refractivity (Wildman–Crippen MR) is 118 cm³/mol. The number of methoxy groups -OCH3 is 1. The van der Waals surface area contributed by atoms with E-state index in [4.69, 9.17) is 4.74 Å². The second-order valence-corrected chi connectivity index (χ2v) is 9.60. The van der Waals surface area contributed by atoms with Crippen LogP contribution in [0.4, 0.5) is 0 Å². The first-order valence-corrected chi connectivity index (χ1v) is 11.6. The maximum Gasteiger partial charge on any atom is 0.254 e. The molecule has 2 aromatic carbocycles. The highest BCUT2D eigenvalue weighted by atomic mass is 32.2. The fourth-order valence-electron chi connectivity index (χ4n) is 4.09. The molecule has 7 nitrogen and oxygen atoms in total. The van der Waals surface area contributed by atoms with Crippen molar-refractivity contribution >= 4 is 26.7 Å². The van der Waals surface area contributed by atoms with Crippen LogP contribution in [0.25, 0.3) is 10.8 Å². The summed E-state index contributed by atoms with van der Waals surface area (Å²) in [5, 5.41) is 4.43. The average Bonchev–Trinajstić information content (AvgIpc) is 3.24. The molecule has 4 rings (SSSR count). The average molecular weight is 440 g/mol. The van der Waals surface area contributed by atoms with E-state index in [0.29, 0.717) is 18.4 Å². The summed E-state index contributed by atoms with van der Waals surface area (Å²) in [6.45, 7) is 2.42. The van der Waals surface area contributed by atoms with E-state index in [1.54, 1.807) is 24.5 Å². The minimum atomic E-state index is -3.71. The van der Waals surface area contributed by atoms with Crippen molar-refractivity contribution in [2.24, 2.45) is 0 Å². The van der Waals surface area contributed by atoms with Gasteiger partial charge in [-0.15, -0.1) is 0 Å². The summed E-state index contributed by atoms with van der Waals surface area (Å²) in [7, 11) is -2.23. The fraction of sp³-hybridized carbons (Fsp3) is 0.304. The number of sulfonamides is 1. The van der Waals surface area contributed by atoms with E-state index in [1.165, 1.54) is 11.4 Å². The summed E-state index contributed by atoms with van der Waals surface area (Å²) >= 11 is 0. The zero-order valence-electron chi connectivity index (χ0n) is 17.5. The topological polar surface area (TPSA) is 88.6 Å². The van der Waals surface area contributed by atoms with Crippen molar-refractivity contribution in [2.75, 3.05) is 20.2 Å². The van der Waals surface area contributed by atoms with Crippen molar-refractivity contribution < 1.29 is 17.9 Å². The van der Waals surface area contributed by atoms with Crippen LogP contribution in [0.15, 0.2) is 65.8 Å². The quantitative estimate of drug-likeness (QED) is 0.638. The molecule has 1 N–H and O–H groups in total. The summed E-state index contributed by atoms with van der Waals surface area (Å²) in [5.74, 6) is -0.273. The lowest BCUT2D eigenvalue weighted by atomic mass is 10.1. The summed E-state index contributed by atoms with van der Waals surface area (Å²) in [4.78, 5) is 17.2. The molecule has 0 saturated carbocycles. The van der Waals surface area contributed by atoms with Gasteiger partial charge in [-0.2, -0.15) is 4.31 Å². The first-order chi connectivity index (χ1) is 14.9. The van der Waals surface area contributed by atoms with Gasteiger partial charge in [-0.3, -0.25) is 9.78 Å². The van der Waals surface area contributed by atoms with Gasteiger partial charge < -0.3 is 10.1 Å². The number of hydrogen-bond donors (Lipinski definition) is 1. The number of nitrogens with one attached hydrogen (secondary N) is 1. The largest absolute Gasteiger partial charge is 0.367 e. The fourth-order valence-corrected chi connectivity index (χ4v) is 5.88. The van der Waals surface area contributed by atoms with Crippen LogP contribution in [-0.2, 0) is 19.6 Å². The molecule has 0 radical (unpaired) electrons. The van der Waals surface area contributed by atoms with Gasteiger partial charge in [-0.1, -0.05) is 42.5 Å². The maximum absolute atomic E-state index is 13.4. The van der Waals surface area contributed by atoms with Gasteiger partial charge in [-0.25, -0.2) is 8.42 Å². The van der Waals surface area contributed by atoms with E-state index in [-0.39, 0.29) is 23.4 Å². The molecule has 1 aliphatic rings. The molecule has 31 heavy (non-hydrogen) atoms. The van der Waals surface area contributed by atoms with E-state index in [1.807, 2.05) is 43.3 Å². The number of carbonyl (C=O) groups excluding carboxylic acids is 1. The van der Waals surface area contributed by atoms with E-state index in [2.05, 4.69) is 10.3 Å². The highest BCUT2D eigenvalue weighted by molar-refractivity contribution is 7.89. The summed E-state index contributed by atoms with van der Waals surface area (Å²) in [6, 6.07) is 14.2. The molecule has 1 aliphatic heterocycles. The molecule has 2 atom stereocenters. The second kappa shape index (κ2) is 8.74. The highest BCUT2D eigenvalue weighted by Crippen LogP contribution is 2.30. The maximum atomic E-state index is 13.4. The standard InChI is InChI=1S/C23H25N3O4S/c1-16-13-24-14-18-9-6-10-20(21(16)18)31(28,29)26-12-11-19(15-26)25-23(27)22(30-2)17-7-4-3-5-8-17/h3-10,13-14,19,22H,11-12,15H2,1-2H3,(H,25,27)/t19-,22?/m1/s1. The van der Waals surface area contributed by atoms with Gasteiger partial charge in [0.2, 0.25) is 10.0 Å². The minimum Gasteiger partial charge on any atom is -0.367 e. The lowest BCUT2D eigenvalue weighted by Gasteiger charge is -2.21. The molecule has 2 heterocycles. The van der Waals surface area contributed by atoms with Crippen molar-refractivity contribution in [1.82, 2.24) is 14.6 Å². The Kier molecular flexibility index (Phi) is 6.04. The van der Waals surface area contributed by atoms with Gasteiger partial charge in [0, 0.05) is 49.4 Å². The van der Waals surface area contributed by atoms with Crippen LogP contribution >= 0.6 is 0 Å². The molecule has 1 unspecified atom stereocenters. The second-order valence-electron chi connectivity index (χ2n) is 7.69. The number of nitrogens with zero attached hydrogens (tertiary/aromatic N) is 2. The molecular formula is C23H25N3O4S. The Morgan fingerprint density at radius 2 is 1.94 bits per heavy atom. The number of ether oxygens (including phenoxy) is 1. The molecule has 8 heteroatoms. The molecule has 0 aliphatic carbocycles. The molecule has 0 spiro atoms. The number of benzene rings is 2. The number of amides is 1. The van der Waals surface area contributed by atoms with Gasteiger partial charge >= 0.3 is 0 Å². The summed E-state index contributed by atoms with van der Waals surface area (Å²) in [5.41, 5.74) is 1.57. The van der Waals surface area contributed by atoms with E-state index >= 15 is 0 Å². The highest BCUT2D eigenvalue weighted by Gasteiger charge is 2.35. The molecular weight excluding hydrogens is 414 g/mol. The van der Waals surface area contributed by atoms with Gasteiger partial charge in [0.05, 0.1) is 4.90 Å². The van der Waals surface area contributed by atoms with Crippen LogP contribution in [0.1, 0.15) is 23.7 Å². The van der Waals surface area contributed by atoms with Gasteiger partial charge in [0.25, 0.3) is 5.91 Å². The number of carbonyl (C=O) groups is 1. The van der Waals surface area contributed by atoms with Crippen molar-refractivity contribution in [3.63, 3.8) is 0 Å². The zero-order valence-corrected chi connectivity index (χ0v) is 18.3. The Morgan fingerprint density at radius 1 is 1.16 bits per heavy atom. The van der Waals surface area contributed by atoms with Crippen LogP contribution in [0.5, 0.6) is 0 Å². The number of pyridine rings is 1. The molecule has 3 aromatic rings. The Hall–Kier alpha value is -2.81. The molecule has 1 aromatic heterocycles. The number of fused-ring (bicyclic) bond motifs is 1. The molecule has 162 valence electrons. The number of aryl methyl sites for hydroxylation is 1. The van der Waals surface area contributed by atoms with E-state index < -0.39 is 16.1 Å². The van der Waals surface area contributed by atoms with E-state index in [0.717, 1.165) is 16.5 Å². The van der Waals surface area contributed by atoms with Crippen LogP contribution in [0.2, 0.25) is 0 Å². The van der Waals surface area contributed by atoms with Crippen LogP contribution in [-0.4, -0.2) is 49.9 Å². The van der Waals surface area contributed by atoms with Crippen molar-refractivity contribution in [2.45, 2.75) is 30.4 Å². The first kappa shape index (κ1) is 21.4. The molecule has 0 bridgehead atoms. The third-order valence-corrected chi connectivity index (χ3v) is 7.53. The Labute approximate surface area is 182 Å². The summed E-state index contributed by atoms with van der Waals surface area (Å²) in [6.07, 6.45) is 3.15. The molecule has 1 fully saturated rings. The van der Waals surface area contributed by atoms with Gasteiger partial charge in [-0.05, 0) is 30.5 Å². The van der Waals surface area contributed by atoms with E-state index in [9.17, 15) is 13.2 Å². The molecule has 1 saturated heterocycles. The lowest BCUT2D eigenvalue weighted by molar-refractivity contribution is -0.132. The summed E-state index contributed by atoms with van der Waals surface area (Å²) < 4.78 is 33.6. The lowest BCUT2D eigenvalue weighted by Crippen LogP contribution is -2.41. The third-order valence-electron chi connectivity index (χ3n) is 5.63. The normalized spacial score (nSPS) is 18.2. The van der Waals surface area contributed by atoms with Crippen LogP contribution < -0.4 is 5.32 Å². The van der Waals surface area contributed by atoms with Crippen molar-refractivity contribution in [3.8, 4) is 0 Å². The SMILES string of the molecule is COC(C(=O)N[C@@H]1CCN(S(=O)(=O)c2cccc3cncc(C)c23)C1)c1ccccc1. The number of rotatable bonds is 6.